The molecule has 7 nitrogen and oxygen atoms in total. The van der Waals surface area contributed by atoms with Crippen molar-refractivity contribution in [3.8, 4) is 0 Å². The highest BCUT2D eigenvalue weighted by Gasteiger charge is 2.21. The molecule has 0 atom stereocenters. The topological polar surface area (TPSA) is 86.8 Å². The van der Waals surface area contributed by atoms with Gasteiger partial charge >= 0.3 is 0 Å². The monoisotopic (exact) mass is 483 g/mol. The van der Waals surface area contributed by atoms with Crippen molar-refractivity contribution in [2.24, 2.45) is 0 Å². The van der Waals surface area contributed by atoms with Gasteiger partial charge in [-0.1, -0.05) is 11.6 Å². The van der Waals surface area contributed by atoms with Crippen molar-refractivity contribution in [1.29, 1.82) is 0 Å². The quantitative estimate of drug-likeness (QED) is 0.414. The molecule has 168 valence electrons. The van der Waals surface area contributed by atoms with Crippen LogP contribution >= 0.6 is 23.4 Å². The zero-order valence-corrected chi connectivity index (χ0v) is 20.1. The Balaban J connectivity index is 1.88. The number of halogens is 1. The highest BCUT2D eigenvalue weighted by molar-refractivity contribution is 7.99. The Hall–Kier alpha value is -2.23. The smallest absolute Gasteiger partial charge is 0.253 e. The minimum Gasteiger partial charge on any atom is -0.354 e. The molecule has 10 heteroatoms. The molecule has 0 bridgehead atoms. The maximum Gasteiger partial charge on any atom is 0.253 e. The Labute approximate surface area is 192 Å². The number of benzene rings is 2. The van der Waals surface area contributed by atoms with Crippen LogP contribution in [0.1, 0.15) is 16.8 Å². The Bertz CT molecular complexity index is 994. The fourth-order valence-electron chi connectivity index (χ4n) is 2.64. The van der Waals surface area contributed by atoms with Crippen LogP contribution < -0.4 is 9.62 Å². The van der Waals surface area contributed by atoms with Crippen LogP contribution in [0.3, 0.4) is 0 Å². The van der Waals surface area contributed by atoms with Gasteiger partial charge in [0.2, 0.25) is 15.9 Å². The molecular formula is C21H26ClN3O4S2. The van der Waals surface area contributed by atoms with E-state index < -0.39 is 15.9 Å². The van der Waals surface area contributed by atoms with Crippen LogP contribution in [0.15, 0.2) is 53.4 Å². The lowest BCUT2D eigenvalue weighted by molar-refractivity contribution is -0.119. The maximum atomic E-state index is 12.3. The number of amides is 2. The van der Waals surface area contributed by atoms with Crippen LogP contribution in [0.5, 0.6) is 0 Å². The lowest BCUT2D eigenvalue weighted by Gasteiger charge is -2.22. The third kappa shape index (κ3) is 8.08. The first-order valence-corrected chi connectivity index (χ1v) is 12.7. The summed E-state index contributed by atoms with van der Waals surface area (Å²) in [6, 6.07) is 13.7. The van der Waals surface area contributed by atoms with Crippen molar-refractivity contribution in [3.05, 3.63) is 59.1 Å². The second-order valence-corrected chi connectivity index (χ2v) is 10.5. The minimum absolute atomic E-state index is 0.188. The van der Waals surface area contributed by atoms with Gasteiger partial charge in [-0.2, -0.15) is 0 Å². The van der Waals surface area contributed by atoms with Crippen LogP contribution in [0, 0.1) is 0 Å². The van der Waals surface area contributed by atoms with Gasteiger partial charge in [-0.3, -0.25) is 13.9 Å². The van der Waals surface area contributed by atoms with Crippen molar-refractivity contribution in [2.45, 2.75) is 11.3 Å². The number of sulfonamides is 1. The van der Waals surface area contributed by atoms with Gasteiger partial charge in [-0.05, 0) is 60.7 Å². The summed E-state index contributed by atoms with van der Waals surface area (Å²) in [4.78, 5) is 26.8. The molecule has 2 rings (SSSR count). The predicted molar refractivity (Wildman–Crippen MR) is 126 cm³/mol. The van der Waals surface area contributed by atoms with Gasteiger partial charge in [0.25, 0.3) is 5.91 Å². The summed E-state index contributed by atoms with van der Waals surface area (Å²) in [5.41, 5.74) is 0.760. The number of rotatable bonds is 10. The fraction of sp³-hybridized carbons (Fsp3) is 0.333. The summed E-state index contributed by atoms with van der Waals surface area (Å²) >= 11 is 7.52. The van der Waals surface area contributed by atoms with Gasteiger partial charge in [0.15, 0.2) is 0 Å². The molecule has 2 amide bonds. The average Bonchev–Trinajstić information content (AvgIpc) is 2.72. The van der Waals surface area contributed by atoms with Crippen molar-refractivity contribution in [2.75, 3.05) is 43.5 Å². The van der Waals surface area contributed by atoms with Gasteiger partial charge in [0, 0.05) is 36.1 Å². The standard InChI is InChI=1S/C21H26ClN3O4S2/c1-24(2)21(27)16-5-9-18(10-6-16)25(31(3,28)29)15-20(26)23-13-4-14-30-19-11-7-17(22)8-12-19/h5-12H,4,13-15H2,1-3H3,(H,23,26). The number of nitrogens with one attached hydrogen (secondary N) is 1. The van der Waals surface area contributed by atoms with Crippen molar-refractivity contribution in [3.63, 3.8) is 0 Å². The van der Waals surface area contributed by atoms with Crippen LogP contribution in [0.25, 0.3) is 0 Å². The van der Waals surface area contributed by atoms with E-state index in [1.807, 2.05) is 24.3 Å². The normalized spacial score (nSPS) is 11.1. The number of carbonyl (C=O) groups is 2. The van der Waals surface area contributed by atoms with E-state index in [1.54, 1.807) is 38.0 Å². The molecule has 0 radical (unpaired) electrons. The van der Waals surface area contributed by atoms with Gasteiger partial charge in [0.05, 0.1) is 11.9 Å². The average molecular weight is 484 g/mol. The number of hydrogen-bond acceptors (Lipinski definition) is 5. The largest absolute Gasteiger partial charge is 0.354 e. The van der Waals surface area contributed by atoms with E-state index in [0.717, 1.165) is 27.6 Å². The highest BCUT2D eigenvalue weighted by atomic mass is 35.5. The Kier molecular flexibility index (Phi) is 9.21. The lowest BCUT2D eigenvalue weighted by Crippen LogP contribution is -2.40. The van der Waals surface area contributed by atoms with E-state index in [4.69, 9.17) is 11.6 Å². The van der Waals surface area contributed by atoms with Gasteiger partial charge in [-0.25, -0.2) is 8.42 Å². The molecule has 0 aliphatic carbocycles. The minimum atomic E-state index is -3.68. The molecule has 0 unspecified atom stereocenters. The predicted octanol–water partition coefficient (Wildman–Crippen LogP) is 3.11. The molecule has 2 aromatic rings. The molecule has 0 heterocycles. The molecule has 0 aliphatic rings. The summed E-state index contributed by atoms with van der Waals surface area (Å²) in [6.45, 7) is 0.109. The number of thioether (sulfide) groups is 1. The van der Waals surface area contributed by atoms with E-state index in [-0.39, 0.29) is 12.5 Å². The van der Waals surface area contributed by atoms with E-state index in [0.29, 0.717) is 22.8 Å². The fourth-order valence-corrected chi connectivity index (χ4v) is 4.47. The third-order valence-electron chi connectivity index (χ3n) is 4.22. The van der Waals surface area contributed by atoms with Gasteiger partial charge < -0.3 is 10.2 Å². The molecule has 0 aromatic heterocycles. The molecule has 0 fully saturated rings. The van der Waals surface area contributed by atoms with Crippen LogP contribution in [-0.4, -0.2) is 64.3 Å². The molecule has 0 saturated carbocycles. The first-order valence-electron chi connectivity index (χ1n) is 9.52. The first-order chi connectivity index (χ1) is 14.6. The van der Waals surface area contributed by atoms with Crippen molar-refractivity contribution >= 4 is 50.9 Å². The lowest BCUT2D eigenvalue weighted by atomic mass is 10.2. The molecule has 0 spiro atoms. The van der Waals surface area contributed by atoms with Crippen LogP contribution in [0.2, 0.25) is 5.02 Å². The zero-order chi connectivity index (χ0) is 23.0. The first kappa shape index (κ1) is 25.0. The molecule has 1 N–H and O–H groups in total. The molecule has 0 saturated heterocycles. The number of nitrogens with zero attached hydrogens (tertiary/aromatic N) is 2. The molecule has 0 aliphatic heterocycles. The van der Waals surface area contributed by atoms with Crippen molar-refractivity contribution in [1.82, 2.24) is 10.2 Å². The van der Waals surface area contributed by atoms with Crippen molar-refractivity contribution < 1.29 is 18.0 Å². The number of carbonyl (C=O) groups excluding carboxylic acids is 2. The summed E-state index contributed by atoms with van der Waals surface area (Å²) < 4.78 is 25.4. The SMILES string of the molecule is CN(C)C(=O)c1ccc(N(CC(=O)NCCCSc2ccc(Cl)cc2)S(C)(=O)=O)cc1. The van der Waals surface area contributed by atoms with E-state index >= 15 is 0 Å². The summed E-state index contributed by atoms with van der Waals surface area (Å²) in [6.07, 6.45) is 1.78. The van der Waals surface area contributed by atoms with E-state index in [9.17, 15) is 18.0 Å². The van der Waals surface area contributed by atoms with Crippen LogP contribution in [0.4, 0.5) is 5.69 Å². The molecular weight excluding hydrogens is 458 g/mol. The molecule has 2 aromatic carbocycles. The Morgan fingerprint density at radius 1 is 1.03 bits per heavy atom. The second-order valence-electron chi connectivity index (χ2n) is 7.02. The highest BCUT2D eigenvalue weighted by Crippen LogP contribution is 2.21. The summed E-state index contributed by atoms with van der Waals surface area (Å²) in [7, 11) is -0.402. The van der Waals surface area contributed by atoms with E-state index in [2.05, 4.69) is 5.32 Å². The summed E-state index contributed by atoms with van der Waals surface area (Å²) in [5, 5.41) is 3.44. The van der Waals surface area contributed by atoms with E-state index in [1.165, 1.54) is 17.0 Å². The van der Waals surface area contributed by atoms with Gasteiger partial charge in [0.1, 0.15) is 6.54 Å². The maximum absolute atomic E-state index is 12.3. The Morgan fingerprint density at radius 3 is 2.19 bits per heavy atom. The van der Waals surface area contributed by atoms with Crippen LogP contribution in [-0.2, 0) is 14.8 Å². The Morgan fingerprint density at radius 2 is 1.65 bits per heavy atom. The second kappa shape index (κ2) is 11.4. The zero-order valence-electron chi connectivity index (χ0n) is 17.7. The number of anilines is 1. The van der Waals surface area contributed by atoms with Gasteiger partial charge in [-0.15, -0.1) is 11.8 Å². The molecule has 31 heavy (non-hydrogen) atoms. The number of hydrogen-bond donors (Lipinski definition) is 1. The summed E-state index contributed by atoms with van der Waals surface area (Å²) in [5.74, 6) is 0.223. The third-order valence-corrected chi connectivity index (χ3v) is 6.71.